The summed E-state index contributed by atoms with van der Waals surface area (Å²) < 4.78 is 11.0. The van der Waals surface area contributed by atoms with Crippen molar-refractivity contribution in [1.82, 2.24) is 0 Å². The highest BCUT2D eigenvalue weighted by atomic mass is 31.2. The van der Waals surface area contributed by atoms with Crippen molar-refractivity contribution in [2.45, 2.75) is 19.0 Å². The summed E-state index contributed by atoms with van der Waals surface area (Å²) in [4.78, 5) is 50.3. The monoisotopic (exact) mass is 331 g/mol. The van der Waals surface area contributed by atoms with Crippen LogP contribution in [-0.4, -0.2) is 66.9 Å². The summed E-state index contributed by atoms with van der Waals surface area (Å²) in [7, 11) is -5.20. The van der Waals surface area contributed by atoms with Gasteiger partial charge in [-0.1, -0.05) is 6.92 Å². The van der Waals surface area contributed by atoms with Gasteiger partial charge < -0.3 is 35.9 Å². The molecule has 0 aromatic carbocycles. The van der Waals surface area contributed by atoms with Gasteiger partial charge in [0, 0.05) is 6.54 Å². The van der Waals surface area contributed by atoms with Gasteiger partial charge >= 0.3 is 25.5 Å². The van der Waals surface area contributed by atoms with Crippen molar-refractivity contribution in [2.24, 2.45) is 11.1 Å². The first-order valence-corrected chi connectivity index (χ1v) is 7.18. The fourth-order valence-electron chi connectivity index (χ4n) is 1.50. The molecule has 0 saturated carbocycles. The fourth-order valence-corrected chi connectivity index (χ4v) is 2.81. The molecule has 0 rings (SSSR count). The average Bonchev–Trinajstić information content (AvgIpc) is 2.32. The van der Waals surface area contributed by atoms with Crippen LogP contribution in [0.5, 0.6) is 0 Å². The standard InChI is InChI=1S/C7H11O9P.C2H7NO/c1-2-3(17(14,15)16)7(4(8)9,5(10)11)6(12)13;3-1-2-4/h3H,2H2,1H3,(H,8,9)(H,10,11)(H,12,13)(H2,14,15,16);4H,1-3H2. The van der Waals surface area contributed by atoms with Crippen LogP contribution in [0, 0.1) is 5.41 Å². The summed E-state index contributed by atoms with van der Waals surface area (Å²) in [6.45, 7) is 1.56. The molecule has 0 aliphatic rings. The van der Waals surface area contributed by atoms with Crippen LogP contribution >= 0.6 is 7.60 Å². The second kappa shape index (κ2) is 8.70. The lowest BCUT2D eigenvalue weighted by Crippen LogP contribution is -2.54. The molecule has 0 radical (unpaired) electrons. The highest BCUT2D eigenvalue weighted by Gasteiger charge is 2.64. The van der Waals surface area contributed by atoms with Gasteiger partial charge in [0.05, 0.1) is 12.3 Å². The molecule has 124 valence electrons. The Morgan fingerprint density at radius 1 is 1.10 bits per heavy atom. The minimum absolute atomic E-state index is 0.0972. The van der Waals surface area contributed by atoms with E-state index in [-0.39, 0.29) is 6.61 Å². The lowest BCUT2D eigenvalue weighted by molar-refractivity contribution is -0.176. The number of aliphatic hydroxyl groups is 1. The zero-order chi connectivity index (χ0) is 17.4. The van der Waals surface area contributed by atoms with Crippen LogP contribution in [0.1, 0.15) is 13.3 Å². The largest absolute Gasteiger partial charge is 0.480 e. The normalized spacial score (nSPS) is 12.8. The van der Waals surface area contributed by atoms with Crippen LogP contribution in [0.15, 0.2) is 0 Å². The van der Waals surface area contributed by atoms with E-state index in [4.69, 9.17) is 35.9 Å². The van der Waals surface area contributed by atoms with Gasteiger partial charge in [-0.15, -0.1) is 0 Å². The number of carbonyl (C=O) groups is 3. The van der Waals surface area contributed by atoms with Crippen LogP contribution in [0.3, 0.4) is 0 Å². The summed E-state index contributed by atoms with van der Waals surface area (Å²) in [6.07, 6.45) is -0.616. The van der Waals surface area contributed by atoms with Crippen molar-refractivity contribution >= 4 is 25.5 Å². The van der Waals surface area contributed by atoms with Crippen LogP contribution in [0.2, 0.25) is 0 Å². The summed E-state index contributed by atoms with van der Waals surface area (Å²) in [6, 6.07) is 0. The number of carboxylic acids is 3. The molecule has 21 heavy (non-hydrogen) atoms. The molecule has 0 aliphatic heterocycles. The Morgan fingerprint density at radius 3 is 1.43 bits per heavy atom. The first kappa shape index (κ1) is 21.8. The number of aliphatic hydroxyl groups excluding tert-OH is 1. The number of aliphatic carboxylic acids is 3. The van der Waals surface area contributed by atoms with E-state index in [9.17, 15) is 18.9 Å². The zero-order valence-electron chi connectivity index (χ0n) is 11.0. The van der Waals surface area contributed by atoms with E-state index >= 15 is 0 Å². The molecule has 12 heteroatoms. The quantitative estimate of drug-likeness (QED) is 0.202. The van der Waals surface area contributed by atoms with Gasteiger partial charge in [-0.2, -0.15) is 0 Å². The van der Waals surface area contributed by atoms with E-state index in [1.54, 1.807) is 0 Å². The highest BCUT2D eigenvalue weighted by molar-refractivity contribution is 7.52. The second-order valence-electron chi connectivity index (χ2n) is 3.75. The molecule has 1 unspecified atom stereocenters. The van der Waals surface area contributed by atoms with Crippen LogP contribution in [-0.2, 0) is 18.9 Å². The Balaban J connectivity index is 0. The van der Waals surface area contributed by atoms with Crippen LogP contribution < -0.4 is 5.73 Å². The topological polar surface area (TPSA) is 216 Å². The van der Waals surface area contributed by atoms with Gasteiger partial charge in [0.1, 0.15) is 0 Å². The minimum Gasteiger partial charge on any atom is -0.480 e. The molecule has 0 bridgehead atoms. The molecule has 11 nitrogen and oxygen atoms in total. The predicted octanol–water partition coefficient (Wildman–Crippen LogP) is -1.88. The Hall–Kier alpha value is -1.52. The summed E-state index contributed by atoms with van der Waals surface area (Å²) in [5, 5.41) is 33.9. The van der Waals surface area contributed by atoms with Gasteiger partial charge in [-0.05, 0) is 6.42 Å². The average molecular weight is 331 g/mol. The highest BCUT2D eigenvalue weighted by Crippen LogP contribution is 2.52. The lowest BCUT2D eigenvalue weighted by Gasteiger charge is -2.29. The number of nitrogens with two attached hydrogens (primary N) is 1. The molecule has 0 aliphatic carbocycles. The van der Waals surface area contributed by atoms with Crippen molar-refractivity contribution < 1.29 is 49.2 Å². The van der Waals surface area contributed by atoms with E-state index < -0.39 is 43.0 Å². The Morgan fingerprint density at radius 2 is 1.38 bits per heavy atom. The van der Waals surface area contributed by atoms with Crippen molar-refractivity contribution in [1.29, 1.82) is 0 Å². The molecular weight excluding hydrogens is 313 g/mol. The van der Waals surface area contributed by atoms with Gasteiger partial charge in [0.25, 0.3) is 5.41 Å². The van der Waals surface area contributed by atoms with Gasteiger partial charge in [0.15, 0.2) is 0 Å². The first-order chi connectivity index (χ1) is 9.44. The molecular formula is C9H18NO10P. The Labute approximate surface area is 119 Å². The third-order valence-corrected chi connectivity index (χ3v) is 4.00. The van der Waals surface area contributed by atoms with E-state index in [0.717, 1.165) is 6.92 Å². The maximum Gasteiger partial charge on any atom is 0.333 e. The van der Waals surface area contributed by atoms with E-state index in [1.165, 1.54) is 0 Å². The summed E-state index contributed by atoms with van der Waals surface area (Å²) >= 11 is 0. The third kappa shape index (κ3) is 5.06. The molecule has 0 amide bonds. The SMILES string of the molecule is CCC(C(C(=O)O)(C(=O)O)C(=O)O)P(=O)(O)O.NCCO. The van der Waals surface area contributed by atoms with Crippen molar-refractivity contribution in [3.05, 3.63) is 0 Å². The van der Waals surface area contributed by atoms with E-state index in [2.05, 4.69) is 0 Å². The molecule has 8 N–H and O–H groups in total. The molecule has 0 heterocycles. The number of hydrogen-bond donors (Lipinski definition) is 7. The molecule has 0 aromatic rings. The van der Waals surface area contributed by atoms with Crippen LogP contribution in [0.4, 0.5) is 0 Å². The second-order valence-corrected chi connectivity index (χ2v) is 5.55. The van der Waals surface area contributed by atoms with E-state index in [0.29, 0.717) is 6.54 Å². The minimum atomic E-state index is -5.20. The van der Waals surface area contributed by atoms with Gasteiger partial charge in [0.2, 0.25) is 0 Å². The Bertz CT molecular complexity index is 392. The summed E-state index contributed by atoms with van der Waals surface area (Å²) in [5.41, 5.74) is -1.13. The predicted molar refractivity (Wildman–Crippen MR) is 67.6 cm³/mol. The zero-order valence-corrected chi connectivity index (χ0v) is 11.9. The number of hydrogen-bond acceptors (Lipinski definition) is 6. The van der Waals surface area contributed by atoms with Gasteiger partial charge in [-0.25, -0.2) is 0 Å². The van der Waals surface area contributed by atoms with E-state index in [1.807, 2.05) is 0 Å². The maximum absolute atomic E-state index is 11.0. The first-order valence-electron chi connectivity index (χ1n) is 5.50. The lowest BCUT2D eigenvalue weighted by atomic mass is 9.83. The van der Waals surface area contributed by atoms with Gasteiger partial charge in [-0.3, -0.25) is 18.9 Å². The van der Waals surface area contributed by atoms with Crippen LogP contribution in [0.25, 0.3) is 0 Å². The molecule has 0 aromatic heterocycles. The smallest absolute Gasteiger partial charge is 0.333 e. The third-order valence-electron chi connectivity index (χ3n) is 2.43. The van der Waals surface area contributed by atoms with Crippen molar-refractivity contribution in [2.75, 3.05) is 13.2 Å². The molecule has 0 spiro atoms. The molecule has 0 fully saturated rings. The molecule has 0 saturated heterocycles. The number of rotatable bonds is 7. The maximum atomic E-state index is 11.0. The van der Waals surface area contributed by atoms with Crippen molar-refractivity contribution in [3.63, 3.8) is 0 Å². The number of carboxylic acid groups (broad SMARTS) is 3. The Kier molecular flexibility index (Phi) is 9.02. The summed E-state index contributed by atoms with van der Waals surface area (Å²) in [5.74, 6) is -6.98. The molecule has 1 atom stereocenters. The van der Waals surface area contributed by atoms with Crippen molar-refractivity contribution in [3.8, 4) is 0 Å². The fraction of sp³-hybridized carbons (Fsp3) is 0.667.